The molecule has 2 aromatic heterocycles. The maximum atomic E-state index is 14.1. The molecule has 6 rings (SSSR count). The lowest BCUT2D eigenvalue weighted by molar-refractivity contribution is -0.142. The molecule has 0 radical (unpaired) electrons. The van der Waals surface area contributed by atoms with Crippen LogP contribution in [0.3, 0.4) is 0 Å². The van der Waals surface area contributed by atoms with Crippen LogP contribution in [0.15, 0.2) is 0 Å². The van der Waals surface area contributed by atoms with E-state index in [1.54, 1.807) is 13.8 Å². The molecule has 0 bridgehead atoms. The summed E-state index contributed by atoms with van der Waals surface area (Å²) < 4.78 is 123. The van der Waals surface area contributed by atoms with Crippen molar-refractivity contribution in [1.29, 1.82) is 0 Å². The molecule has 4 aliphatic carbocycles. The van der Waals surface area contributed by atoms with Crippen LogP contribution in [-0.2, 0) is 31.1 Å². The van der Waals surface area contributed by atoms with Crippen molar-refractivity contribution in [2.24, 2.45) is 23.7 Å². The first-order valence-electron chi connectivity index (χ1n) is 12.3. The van der Waals surface area contributed by atoms with Gasteiger partial charge in [-0.05, 0) is 36.5 Å². The van der Waals surface area contributed by atoms with Gasteiger partial charge in [0.05, 0.1) is 0 Å². The molecule has 0 saturated heterocycles. The summed E-state index contributed by atoms with van der Waals surface area (Å²) in [4.78, 5) is 0. The van der Waals surface area contributed by atoms with E-state index in [9.17, 15) is 39.5 Å². The first kappa shape index (κ1) is 26.4. The van der Waals surface area contributed by atoms with Crippen LogP contribution < -0.4 is 0 Å². The lowest BCUT2D eigenvalue weighted by atomic mass is 10.1. The molecule has 2 saturated carbocycles. The summed E-state index contributed by atoms with van der Waals surface area (Å²) in [6.07, 6.45) is -6.99. The van der Waals surface area contributed by atoms with E-state index in [1.807, 2.05) is 13.8 Å². The zero-order valence-corrected chi connectivity index (χ0v) is 20.6. The molecule has 0 N–H and O–H groups in total. The number of fused-ring (bicyclic) bond motifs is 6. The minimum atomic E-state index is -4.67. The SMILES string of the molecule is CC(C)Cn1nc(C(F)(F)F)c2c1C(F)(F)[C@@H]1C[C@H]21.CC(C)Cn1nc(C(F)F)c2c1C(F)(F)[C@@H]1C[C@H]21. The van der Waals surface area contributed by atoms with Crippen molar-refractivity contribution in [2.45, 2.75) is 89.9 Å². The summed E-state index contributed by atoms with van der Waals surface area (Å²) in [5.74, 6) is -8.92. The number of nitrogens with zero attached hydrogens (tertiary/aromatic N) is 4. The summed E-state index contributed by atoms with van der Waals surface area (Å²) in [6, 6.07) is 0. The second kappa shape index (κ2) is 8.14. The summed E-state index contributed by atoms with van der Waals surface area (Å²) in [6.45, 7) is 7.55. The average molecular weight is 542 g/mol. The molecular formula is C24H27F9N4. The Hall–Kier alpha value is -2.21. The quantitative estimate of drug-likeness (QED) is 0.368. The number of aromatic nitrogens is 4. The fourth-order valence-corrected chi connectivity index (χ4v) is 5.90. The van der Waals surface area contributed by atoms with Crippen molar-refractivity contribution in [3.05, 3.63) is 33.9 Å². The minimum absolute atomic E-state index is 0.0437. The highest BCUT2D eigenvalue weighted by molar-refractivity contribution is 5.47. The number of rotatable bonds is 5. The predicted molar refractivity (Wildman–Crippen MR) is 114 cm³/mol. The molecule has 13 heteroatoms. The Balaban J connectivity index is 0.000000152. The van der Waals surface area contributed by atoms with Crippen LogP contribution in [0.4, 0.5) is 39.5 Å². The lowest BCUT2D eigenvalue weighted by Gasteiger charge is -2.16. The number of alkyl halides is 9. The van der Waals surface area contributed by atoms with Crippen LogP contribution >= 0.6 is 0 Å². The second-order valence-electron chi connectivity index (χ2n) is 11.4. The van der Waals surface area contributed by atoms with Gasteiger partial charge in [-0.2, -0.15) is 40.9 Å². The fraction of sp³-hybridized carbons (Fsp3) is 0.750. The van der Waals surface area contributed by atoms with Crippen LogP contribution in [0.25, 0.3) is 0 Å². The van der Waals surface area contributed by atoms with E-state index < -0.39 is 65.2 Å². The standard InChI is InChI=1S/C12H13F5N2.C12H14F4N2/c1-5(2)4-19-10-8(9(18-19)12(15,16)17)6-3-7(6)11(10,13)14;1-5(2)4-18-10-8(9(17-18)11(13)14)6-3-7(6)12(10,15)16/h5-7H,3-4H2,1-2H3;5-7,11H,3-4H2,1-2H3/t2*6-,7+/m00/s1. The highest BCUT2D eigenvalue weighted by atomic mass is 19.4. The summed E-state index contributed by atoms with van der Waals surface area (Å²) in [5.41, 5.74) is -2.45. The van der Waals surface area contributed by atoms with E-state index in [2.05, 4.69) is 10.2 Å². The Labute approximate surface area is 207 Å². The van der Waals surface area contributed by atoms with E-state index >= 15 is 0 Å². The monoisotopic (exact) mass is 542 g/mol. The van der Waals surface area contributed by atoms with Crippen molar-refractivity contribution in [3.63, 3.8) is 0 Å². The first-order valence-corrected chi connectivity index (χ1v) is 12.3. The second-order valence-corrected chi connectivity index (χ2v) is 11.4. The number of hydrogen-bond donors (Lipinski definition) is 0. The van der Waals surface area contributed by atoms with Gasteiger partial charge in [0.15, 0.2) is 5.69 Å². The summed E-state index contributed by atoms with van der Waals surface area (Å²) >= 11 is 0. The minimum Gasteiger partial charge on any atom is -0.262 e. The van der Waals surface area contributed by atoms with Crippen molar-refractivity contribution in [2.75, 3.05) is 0 Å². The molecule has 4 nitrogen and oxygen atoms in total. The Morgan fingerprint density at radius 2 is 1.22 bits per heavy atom. The van der Waals surface area contributed by atoms with Gasteiger partial charge in [0.1, 0.15) is 17.1 Å². The molecule has 2 fully saturated rings. The first-order chi connectivity index (χ1) is 17.0. The predicted octanol–water partition coefficient (Wildman–Crippen LogP) is 7.45. The van der Waals surface area contributed by atoms with E-state index in [-0.39, 0.29) is 48.2 Å². The van der Waals surface area contributed by atoms with Gasteiger partial charge in [0.2, 0.25) is 0 Å². The normalized spacial score (nSPS) is 27.7. The topological polar surface area (TPSA) is 35.6 Å². The van der Waals surface area contributed by atoms with E-state index in [0.29, 0.717) is 6.42 Å². The third-order valence-electron chi connectivity index (χ3n) is 7.44. The smallest absolute Gasteiger partial charge is 0.262 e. The van der Waals surface area contributed by atoms with Gasteiger partial charge >= 0.3 is 6.18 Å². The van der Waals surface area contributed by atoms with Gasteiger partial charge < -0.3 is 0 Å². The molecule has 0 amide bonds. The molecule has 2 aromatic rings. The highest BCUT2D eigenvalue weighted by Crippen LogP contribution is 2.69. The number of halogens is 9. The molecule has 4 aliphatic rings. The van der Waals surface area contributed by atoms with Gasteiger partial charge in [0.25, 0.3) is 18.3 Å². The largest absolute Gasteiger partial charge is 0.435 e. The molecule has 0 aliphatic heterocycles. The van der Waals surface area contributed by atoms with Crippen LogP contribution in [0.2, 0.25) is 0 Å². The summed E-state index contributed by atoms with van der Waals surface area (Å²) in [5, 5.41) is 7.16. The van der Waals surface area contributed by atoms with Gasteiger partial charge in [-0.3, -0.25) is 9.36 Å². The van der Waals surface area contributed by atoms with Crippen LogP contribution in [0, 0.1) is 23.7 Å². The maximum Gasteiger partial charge on any atom is 0.435 e. The lowest BCUT2D eigenvalue weighted by Crippen LogP contribution is -2.21. The Kier molecular flexibility index (Phi) is 5.81. The van der Waals surface area contributed by atoms with E-state index in [0.717, 1.165) is 9.36 Å². The molecule has 206 valence electrons. The summed E-state index contributed by atoms with van der Waals surface area (Å²) in [7, 11) is 0. The molecule has 0 spiro atoms. The molecule has 0 unspecified atom stereocenters. The fourth-order valence-electron chi connectivity index (χ4n) is 5.90. The average Bonchev–Trinajstić information content (AvgIpc) is 3.59. The van der Waals surface area contributed by atoms with Crippen molar-refractivity contribution >= 4 is 0 Å². The number of hydrogen-bond acceptors (Lipinski definition) is 2. The molecule has 2 heterocycles. The molecular weight excluding hydrogens is 515 g/mol. The van der Waals surface area contributed by atoms with Crippen LogP contribution in [0.5, 0.6) is 0 Å². The van der Waals surface area contributed by atoms with E-state index in [4.69, 9.17) is 0 Å². The van der Waals surface area contributed by atoms with E-state index in [1.165, 1.54) is 0 Å². The van der Waals surface area contributed by atoms with Crippen LogP contribution in [0.1, 0.15) is 92.7 Å². The zero-order chi connectivity index (χ0) is 27.4. The van der Waals surface area contributed by atoms with Crippen LogP contribution in [-0.4, -0.2) is 19.6 Å². The third kappa shape index (κ3) is 4.05. The molecule has 0 aromatic carbocycles. The molecule has 4 atom stereocenters. The molecule has 37 heavy (non-hydrogen) atoms. The van der Waals surface area contributed by atoms with Crippen molar-refractivity contribution < 1.29 is 39.5 Å². The van der Waals surface area contributed by atoms with Crippen molar-refractivity contribution in [3.8, 4) is 0 Å². The Morgan fingerprint density at radius 3 is 1.65 bits per heavy atom. The maximum absolute atomic E-state index is 14.1. The highest BCUT2D eigenvalue weighted by Gasteiger charge is 2.68. The van der Waals surface area contributed by atoms with Gasteiger partial charge in [-0.25, -0.2) is 8.78 Å². The van der Waals surface area contributed by atoms with Crippen molar-refractivity contribution in [1.82, 2.24) is 19.6 Å². The zero-order valence-electron chi connectivity index (χ0n) is 20.6. The Morgan fingerprint density at radius 1 is 0.784 bits per heavy atom. The Bertz CT molecular complexity index is 1210. The van der Waals surface area contributed by atoms with Gasteiger partial charge in [0, 0.05) is 36.1 Å². The van der Waals surface area contributed by atoms with Gasteiger partial charge in [-0.15, -0.1) is 0 Å². The third-order valence-corrected chi connectivity index (χ3v) is 7.44. The van der Waals surface area contributed by atoms with Gasteiger partial charge in [-0.1, -0.05) is 27.7 Å².